The molecule has 0 aliphatic carbocycles. The Morgan fingerprint density at radius 3 is 2.33 bits per heavy atom. The quantitative estimate of drug-likeness (QED) is 0.448. The molecule has 3 aromatic rings. The summed E-state index contributed by atoms with van der Waals surface area (Å²) in [6, 6.07) is 18.9. The molecule has 0 aliphatic heterocycles. The molecule has 0 bridgehead atoms. The van der Waals surface area contributed by atoms with E-state index in [2.05, 4.69) is 15.4 Å². The first kappa shape index (κ1) is 24.1. The number of hydrogen-bond donors (Lipinski definition) is 3. The van der Waals surface area contributed by atoms with E-state index in [4.69, 9.17) is 0 Å². The van der Waals surface area contributed by atoms with Gasteiger partial charge in [0.1, 0.15) is 16.8 Å². The smallest absolute Gasteiger partial charge is 0.251 e. The molecule has 1 atom stereocenters. The molecule has 0 saturated heterocycles. The molecular formula is C24H24FN3O4S. The summed E-state index contributed by atoms with van der Waals surface area (Å²) in [6.07, 6.45) is 0.0381. The first-order valence-electron chi connectivity index (χ1n) is 10.3. The topological polar surface area (TPSA) is 104 Å². The highest BCUT2D eigenvalue weighted by Gasteiger charge is 2.28. The number of carbonyl (C=O) groups is 2. The minimum atomic E-state index is -4.33. The van der Waals surface area contributed by atoms with Crippen molar-refractivity contribution in [1.82, 2.24) is 10.0 Å². The summed E-state index contributed by atoms with van der Waals surface area (Å²) in [5.41, 5.74) is 1.39. The molecule has 3 aromatic carbocycles. The van der Waals surface area contributed by atoms with Crippen LogP contribution in [-0.2, 0) is 21.2 Å². The molecule has 0 saturated carbocycles. The maximum Gasteiger partial charge on any atom is 0.251 e. The van der Waals surface area contributed by atoms with Crippen LogP contribution >= 0.6 is 0 Å². The van der Waals surface area contributed by atoms with E-state index in [-0.39, 0.29) is 12.3 Å². The van der Waals surface area contributed by atoms with Gasteiger partial charge in [-0.25, -0.2) is 12.8 Å². The van der Waals surface area contributed by atoms with Gasteiger partial charge in [0, 0.05) is 17.8 Å². The molecule has 0 radical (unpaired) electrons. The molecule has 0 aliphatic rings. The monoisotopic (exact) mass is 469 g/mol. The van der Waals surface area contributed by atoms with Gasteiger partial charge in [0.15, 0.2) is 0 Å². The van der Waals surface area contributed by atoms with E-state index in [1.54, 1.807) is 55.5 Å². The Bertz CT molecular complexity index is 1230. The van der Waals surface area contributed by atoms with E-state index in [0.717, 1.165) is 12.1 Å². The van der Waals surface area contributed by atoms with E-state index in [1.165, 1.54) is 18.2 Å². The molecule has 0 aromatic heterocycles. The zero-order valence-electron chi connectivity index (χ0n) is 17.9. The summed E-state index contributed by atoms with van der Waals surface area (Å²) in [5, 5.41) is 5.32. The number of rotatable bonds is 9. The van der Waals surface area contributed by atoms with Crippen molar-refractivity contribution in [1.29, 1.82) is 0 Å². The molecule has 0 spiro atoms. The average Bonchev–Trinajstić information content (AvgIpc) is 2.79. The molecule has 0 fully saturated rings. The summed E-state index contributed by atoms with van der Waals surface area (Å²) in [5.74, 6) is -1.86. The Labute approximate surface area is 192 Å². The van der Waals surface area contributed by atoms with Gasteiger partial charge in [-0.2, -0.15) is 4.72 Å². The molecule has 3 N–H and O–H groups in total. The number of carbonyl (C=O) groups excluding carboxylic acids is 2. The number of amides is 2. The van der Waals surface area contributed by atoms with Crippen molar-refractivity contribution in [2.45, 2.75) is 24.3 Å². The number of anilines is 1. The van der Waals surface area contributed by atoms with Gasteiger partial charge >= 0.3 is 0 Å². The van der Waals surface area contributed by atoms with Crippen molar-refractivity contribution in [3.63, 3.8) is 0 Å². The highest BCUT2D eigenvalue weighted by molar-refractivity contribution is 7.89. The molecule has 0 heterocycles. The third kappa shape index (κ3) is 6.47. The average molecular weight is 470 g/mol. The molecule has 1 unspecified atom stereocenters. The maximum absolute atomic E-state index is 14.1. The van der Waals surface area contributed by atoms with Gasteiger partial charge in [-0.3, -0.25) is 9.59 Å². The fourth-order valence-corrected chi connectivity index (χ4v) is 4.46. The maximum atomic E-state index is 14.1. The van der Waals surface area contributed by atoms with E-state index in [1.807, 2.05) is 0 Å². The second-order valence-corrected chi connectivity index (χ2v) is 8.91. The summed E-state index contributed by atoms with van der Waals surface area (Å²) < 4.78 is 42.1. The van der Waals surface area contributed by atoms with Crippen molar-refractivity contribution in [3.05, 3.63) is 95.8 Å². The van der Waals surface area contributed by atoms with Crippen LogP contribution in [0, 0.1) is 5.82 Å². The highest BCUT2D eigenvalue weighted by atomic mass is 32.2. The third-order valence-electron chi connectivity index (χ3n) is 4.75. The van der Waals surface area contributed by atoms with Crippen LogP contribution in [0.4, 0.5) is 10.1 Å². The lowest BCUT2D eigenvalue weighted by Gasteiger charge is -2.19. The minimum absolute atomic E-state index is 0.0381. The van der Waals surface area contributed by atoms with E-state index >= 15 is 0 Å². The zero-order chi connectivity index (χ0) is 23.8. The first-order chi connectivity index (χ1) is 15.8. The SMILES string of the molecule is CCNC(=O)c1cccc(NC(=O)C(Cc2ccccc2)NS(=O)(=O)c2ccccc2F)c1. The van der Waals surface area contributed by atoms with Gasteiger partial charge in [-0.15, -0.1) is 0 Å². The second-order valence-electron chi connectivity index (χ2n) is 7.22. The van der Waals surface area contributed by atoms with Gasteiger partial charge in [-0.05, 0) is 49.2 Å². The van der Waals surface area contributed by atoms with Crippen LogP contribution in [0.15, 0.2) is 83.8 Å². The number of sulfonamides is 1. The number of nitrogens with one attached hydrogen (secondary N) is 3. The fraction of sp³-hybridized carbons (Fsp3) is 0.167. The van der Waals surface area contributed by atoms with Crippen molar-refractivity contribution in [3.8, 4) is 0 Å². The largest absolute Gasteiger partial charge is 0.352 e. The Balaban J connectivity index is 1.86. The van der Waals surface area contributed by atoms with Crippen LogP contribution in [0.2, 0.25) is 0 Å². The normalized spacial score (nSPS) is 12.1. The Kier molecular flexibility index (Phi) is 7.92. The predicted octanol–water partition coefficient (Wildman–Crippen LogP) is 3.10. The molecule has 7 nitrogen and oxygen atoms in total. The van der Waals surface area contributed by atoms with E-state index < -0.39 is 32.7 Å². The predicted molar refractivity (Wildman–Crippen MR) is 124 cm³/mol. The minimum Gasteiger partial charge on any atom is -0.352 e. The number of benzene rings is 3. The molecule has 9 heteroatoms. The second kappa shape index (κ2) is 10.8. The third-order valence-corrected chi connectivity index (χ3v) is 6.26. The lowest BCUT2D eigenvalue weighted by molar-refractivity contribution is -0.117. The van der Waals surface area contributed by atoms with Gasteiger partial charge < -0.3 is 10.6 Å². The highest BCUT2D eigenvalue weighted by Crippen LogP contribution is 2.17. The van der Waals surface area contributed by atoms with Crippen molar-refractivity contribution in [2.75, 3.05) is 11.9 Å². The molecule has 172 valence electrons. The summed E-state index contributed by atoms with van der Waals surface area (Å²) in [7, 11) is -4.33. The summed E-state index contributed by atoms with van der Waals surface area (Å²) in [4.78, 5) is 24.6. The lowest BCUT2D eigenvalue weighted by atomic mass is 10.1. The molecular weight excluding hydrogens is 445 g/mol. The zero-order valence-corrected chi connectivity index (χ0v) is 18.7. The van der Waals surface area contributed by atoms with Crippen molar-refractivity contribution < 1.29 is 22.4 Å². The molecule has 33 heavy (non-hydrogen) atoms. The van der Waals surface area contributed by atoms with Crippen molar-refractivity contribution >= 4 is 27.5 Å². The first-order valence-corrected chi connectivity index (χ1v) is 11.8. The summed E-state index contributed by atoms with van der Waals surface area (Å²) >= 11 is 0. The van der Waals surface area contributed by atoms with Crippen LogP contribution in [0.5, 0.6) is 0 Å². The standard InChI is InChI=1S/C24H24FN3O4S/c1-2-26-23(29)18-11-8-12-19(16-18)27-24(30)21(15-17-9-4-3-5-10-17)28-33(31,32)22-14-7-6-13-20(22)25/h3-14,16,21,28H,2,15H2,1H3,(H,26,29)(H,27,30). The Morgan fingerprint density at radius 1 is 0.939 bits per heavy atom. The van der Waals surface area contributed by atoms with E-state index in [9.17, 15) is 22.4 Å². The summed E-state index contributed by atoms with van der Waals surface area (Å²) in [6.45, 7) is 2.24. The molecule has 2 amide bonds. The van der Waals surface area contributed by atoms with Gasteiger partial charge in [0.2, 0.25) is 15.9 Å². The van der Waals surface area contributed by atoms with Gasteiger partial charge in [-0.1, -0.05) is 48.5 Å². The fourth-order valence-electron chi connectivity index (χ4n) is 3.18. The Morgan fingerprint density at radius 2 is 1.64 bits per heavy atom. The van der Waals surface area contributed by atoms with Crippen molar-refractivity contribution in [2.24, 2.45) is 0 Å². The molecule has 3 rings (SSSR count). The van der Waals surface area contributed by atoms with Crippen LogP contribution in [0.1, 0.15) is 22.8 Å². The van der Waals surface area contributed by atoms with Crippen LogP contribution in [-0.4, -0.2) is 32.8 Å². The number of hydrogen-bond acceptors (Lipinski definition) is 4. The van der Waals surface area contributed by atoms with Crippen LogP contribution < -0.4 is 15.4 Å². The van der Waals surface area contributed by atoms with Gasteiger partial charge in [0.25, 0.3) is 5.91 Å². The Hall–Kier alpha value is -3.56. The van der Waals surface area contributed by atoms with Crippen LogP contribution in [0.3, 0.4) is 0 Å². The van der Waals surface area contributed by atoms with E-state index in [0.29, 0.717) is 23.4 Å². The van der Waals surface area contributed by atoms with Gasteiger partial charge in [0.05, 0.1) is 0 Å². The lowest BCUT2D eigenvalue weighted by Crippen LogP contribution is -2.45. The van der Waals surface area contributed by atoms with Crippen LogP contribution in [0.25, 0.3) is 0 Å². The number of halogens is 1.